The Morgan fingerprint density at radius 1 is 1.37 bits per heavy atom. The van der Waals surface area contributed by atoms with Crippen molar-refractivity contribution in [2.24, 2.45) is 11.7 Å². The topological polar surface area (TPSA) is 64.3 Å². The molecule has 1 amide bonds. The summed E-state index contributed by atoms with van der Waals surface area (Å²) in [6.45, 7) is 0.765. The lowest BCUT2D eigenvalue weighted by Gasteiger charge is -2.52. The van der Waals surface area contributed by atoms with Crippen molar-refractivity contribution in [1.82, 2.24) is 5.32 Å². The van der Waals surface area contributed by atoms with Crippen LogP contribution in [0, 0.1) is 5.92 Å². The minimum atomic E-state index is -0.121. The van der Waals surface area contributed by atoms with Gasteiger partial charge in [-0.1, -0.05) is 11.6 Å². The van der Waals surface area contributed by atoms with Gasteiger partial charge in [-0.05, 0) is 37.1 Å². The molecule has 1 heterocycles. The monoisotopic (exact) mass is 280 g/mol. The Morgan fingerprint density at radius 3 is 2.84 bits per heavy atom. The van der Waals surface area contributed by atoms with E-state index in [1.807, 2.05) is 0 Å². The van der Waals surface area contributed by atoms with Crippen molar-refractivity contribution in [3.63, 3.8) is 0 Å². The van der Waals surface area contributed by atoms with Crippen molar-refractivity contribution >= 4 is 17.5 Å². The van der Waals surface area contributed by atoms with Crippen LogP contribution in [0.5, 0.6) is 0 Å². The molecule has 1 aromatic rings. The smallest absolute Gasteiger partial charge is 0.251 e. The molecule has 0 radical (unpaired) electrons. The molecule has 19 heavy (non-hydrogen) atoms. The summed E-state index contributed by atoms with van der Waals surface area (Å²) in [4.78, 5) is 12.1. The van der Waals surface area contributed by atoms with Gasteiger partial charge in [0.2, 0.25) is 0 Å². The molecule has 4 unspecified atom stereocenters. The second kappa shape index (κ2) is 5.12. The van der Waals surface area contributed by atoms with Gasteiger partial charge in [0.1, 0.15) is 0 Å². The molecule has 1 aromatic carbocycles. The Kier molecular flexibility index (Phi) is 3.48. The first kappa shape index (κ1) is 12.9. The lowest BCUT2D eigenvalue weighted by atomic mass is 9.68. The number of benzene rings is 1. The Bertz CT molecular complexity index is 477. The van der Waals surface area contributed by atoms with Crippen molar-refractivity contribution in [1.29, 1.82) is 0 Å². The van der Waals surface area contributed by atoms with E-state index in [9.17, 15) is 4.79 Å². The van der Waals surface area contributed by atoms with Gasteiger partial charge in [0, 0.05) is 29.2 Å². The van der Waals surface area contributed by atoms with E-state index in [-0.39, 0.29) is 24.1 Å². The van der Waals surface area contributed by atoms with Crippen LogP contribution in [0.3, 0.4) is 0 Å². The second-order valence-corrected chi connectivity index (χ2v) is 5.66. The number of halogens is 1. The van der Waals surface area contributed by atoms with E-state index in [1.165, 1.54) is 0 Å². The molecule has 3 N–H and O–H groups in total. The molecule has 102 valence electrons. The van der Waals surface area contributed by atoms with Gasteiger partial charge < -0.3 is 15.8 Å². The van der Waals surface area contributed by atoms with E-state index in [1.54, 1.807) is 24.3 Å². The van der Waals surface area contributed by atoms with Crippen molar-refractivity contribution in [2.45, 2.75) is 31.0 Å². The Hall–Kier alpha value is -1.10. The van der Waals surface area contributed by atoms with Gasteiger partial charge >= 0.3 is 0 Å². The van der Waals surface area contributed by atoms with Crippen molar-refractivity contribution < 1.29 is 9.53 Å². The summed E-state index contributed by atoms with van der Waals surface area (Å²) in [6.07, 6.45) is 2.24. The van der Waals surface area contributed by atoms with Gasteiger partial charge in [-0.3, -0.25) is 4.79 Å². The maximum atomic E-state index is 12.1. The minimum absolute atomic E-state index is 0.00144. The summed E-state index contributed by atoms with van der Waals surface area (Å²) in [5.74, 6) is 0.272. The SMILES string of the molecule is NC1C2CCCOC2C1NC(=O)c1ccc(Cl)cc1. The number of nitrogens with two attached hydrogens (primary N) is 1. The highest BCUT2D eigenvalue weighted by molar-refractivity contribution is 6.30. The third-order valence-electron chi connectivity index (χ3n) is 4.08. The highest BCUT2D eigenvalue weighted by Crippen LogP contribution is 2.37. The molecular formula is C14H17ClN2O2. The maximum absolute atomic E-state index is 12.1. The van der Waals surface area contributed by atoms with Gasteiger partial charge in [-0.2, -0.15) is 0 Å². The highest BCUT2D eigenvalue weighted by atomic mass is 35.5. The summed E-state index contributed by atoms with van der Waals surface area (Å²) in [5.41, 5.74) is 6.71. The summed E-state index contributed by atoms with van der Waals surface area (Å²) < 4.78 is 5.70. The van der Waals surface area contributed by atoms with Crippen LogP contribution in [0.4, 0.5) is 0 Å². The molecule has 4 atom stereocenters. The van der Waals surface area contributed by atoms with E-state index in [2.05, 4.69) is 5.32 Å². The molecule has 0 spiro atoms. The van der Waals surface area contributed by atoms with Crippen LogP contribution in [0.1, 0.15) is 23.2 Å². The number of ether oxygens (including phenoxy) is 1. The number of carbonyl (C=O) groups is 1. The molecule has 1 aliphatic heterocycles. The fourth-order valence-corrected chi connectivity index (χ4v) is 3.09. The minimum Gasteiger partial charge on any atom is -0.376 e. The number of nitrogens with one attached hydrogen (secondary N) is 1. The van der Waals surface area contributed by atoms with E-state index in [4.69, 9.17) is 22.1 Å². The summed E-state index contributed by atoms with van der Waals surface area (Å²) in [6, 6.07) is 6.76. The molecule has 1 aliphatic carbocycles. The van der Waals surface area contributed by atoms with Crippen LogP contribution < -0.4 is 11.1 Å². The molecule has 4 nitrogen and oxygen atoms in total. The van der Waals surface area contributed by atoms with Gasteiger partial charge in [0.05, 0.1) is 12.1 Å². The number of hydrogen-bond donors (Lipinski definition) is 2. The lowest BCUT2D eigenvalue weighted by Crippen LogP contribution is -2.72. The maximum Gasteiger partial charge on any atom is 0.251 e. The predicted octanol–water partition coefficient (Wildman–Crippen LogP) is 1.57. The van der Waals surface area contributed by atoms with Crippen LogP contribution in [0.2, 0.25) is 5.02 Å². The van der Waals surface area contributed by atoms with Crippen molar-refractivity contribution in [2.75, 3.05) is 6.61 Å². The number of fused-ring (bicyclic) bond motifs is 1. The lowest BCUT2D eigenvalue weighted by molar-refractivity contribution is -0.117. The first-order chi connectivity index (χ1) is 9.16. The zero-order chi connectivity index (χ0) is 13.4. The third-order valence-corrected chi connectivity index (χ3v) is 4.33. The average molecular weight is 281 g/mol. The van der Waals surface area contributed by atoms with E-state index in [0.717, 1.165) is 19.4 Å². The first-order valence-electron chi connectivity index (χ1n) is 6.60. The molecule has 3 rings (SSSR count). The van der Waals surface area contributed by atoms with E-state index < -0.39 is 0 Å². The van der Waals surface area contributed by atoms with Crippen LogP contribution >= 0.6 is 11.6 Å². The van der Waals surface area contributed by atoms with E-state index in [0.29, 0.717) is 16.5 Å². The standard InChI is InChI=1S/C14H17ClN2O2/c15-9-5-3-8(4-6-9)14(18)17-12-11(16)10-2-1-7-19-13(10)12/h3-6,10-13H,1-2,7,16H2,(H,17,18). The third kappa shape index (κ3) is 2.36. The molecule has 2 fully saturated rings. The van der Waals surface area contributed by atoms with Crippen LogP contribution in [0.25, 0.3) is 0 Å². The van der Waals surface area contributed by atoms with Gasteiger partial charge in [-0.25, -0.2) is 0 Å². The fourth-order valence-electron chi connectivity index (χ4n) is 2.96. The summed E-state index contributed by atoms with van der Waals surface area (Å²) >= 11 is 5.80. The molecule has 0 bridgehead atoms. The van der Waals surface area contributed by atoms with Crippen LogP contribution in [-0.2, 0) is 4.74 Å². The number of rotatable bonds is 2. The van der Waals surface area contributed by atoms with Crippen LogP contribution in [0.15, 0.2) is 24.3 Å². The summed E-state index contributed by atoms with van der Waals surface area (Å²) in [5, 5.41) is 3.59. The second-order valence-electron chi connectivity index (χ2n) is 5.22. The summed E-state index contributed by atoms with van der Waals surface area (Å²) in [7, 11) is 0. The zero-order valence-electron chi connectivity index (χ0n) is 10.5. The predicted molar refractivity (Wildman–Crippen MR) is 73.1 cm³/mol. The molecular weight excluding hydrogens is 264 g/mol. The molecule has 2 aliphatic rings. The highest BCUT2D eigenvalue weighted by Gasteiger charge is 2.51. The Balaban J connectivity index is 1.65. The van der Waals surface area contributed by atoms with E-state index >= 15 is 0 Å². The quantitative estimate of drug-likeness (QED) is 0.864. The van der Waals surface area contributed by atoms with Gasteiger partial charge in [0.25, 0.3) is 5.91 Å². The normalized spacial score (nSPS) is 33.2. The van der Waals surface area contributed by atoms with Crippen molar-refractivity contribution in [3.8, 4) is 0 Å². The average Bonchev–Trinajstić information content (AvgIpc) is 2.45. The number of carbonyl (C=O) groups excluding carboxylic acids is 1. The number of amides is 1. The molecule has 0 aromatic heterocycles. The largest absolute Gasteiger partial charge is 0.376 e. The Morgan fingerprint density at radius 2 is 2.11 bits per heavy atom. The molecule has 1 saturated heterocycles. The van der Waals surface area contributed by atoms with Gasteiger partial charge in [-0.15, -0.1) is 0 Å². The molecule has 5 heteroatoms. The fraction of sp³-hybridized carbons (Fsp3) is 0.500. The Labute approximate surface area is 117 Å². The number of hydrogen-bond acceptors (Lipinski definition) is 3. The van der Waals surface area contributed by atoms with Crippen molar-refractivity contribution in [3.05, 3.63) is 34.9 Å². The molecule has 1 saturated carbocycles. The first-order valence-corrected chi connectivity index (χ1v) is 6.98. The zero-order valence-corrected chi connectivity index (χ0v) is 11.3. The van der Waals surface area contributed by atoms with Gasteiger partial charge in [0.15, 0.2) is 0 Å². The van der Waals surface area contributed by atoms with Crippen LogP contribution in [-0.4, -0.2) is 30.7 Å².